The quantitative estimate of drug-likeness (QED) is 0.680. The van der Waals surface area contributed by atoms with E-state index in [2.05, 4.69) is 12.2 Å². The number of rotatable bonds is 8. The third-order valence-electron chi connectivity index (χ3n) is 4.93. The number of nitrogens with one attached hydrogen (secondary N) is 1. The highest BCUT2D eigenvalue weighted by molar-refractivity contribution is 7.89. The smallest absolute Gasteiger partial charge is 0.251 e. The number of benzene rings is 1. The lowest BCUT2D eigenvalue weighted by molar-refractivity contribution is 0.0935. The van der Waals surface area contributed by atoms with Crippen LogP contribution in [0.5, 0.6) is 0 Å². The average Bonchev–Trinajstić information content (AvgIpc) is 2.65. The zero-order valence-corrected chi connectivity index (χ0v) is 17.9. The first-order valence-electron chi connectivity index (χ1n) is 9.52. The van der Waals surface area contributed by atoms with Crippen LogP contribution < -0.4 is 11.1 Å². The topological polar surface area (TPSA) is 92.5 Å². The Morgan fingerprint density at radius 1 is 1.26 bits per heavy atom. The minimum absolute atomic E-state index is 0. The van der Waals surface area contributed by atoms with Gasteiger partial charge < -0.3 is 11.1 Å². The lowest BCUT2D eigenvalue weighted by Gasteiger charge is -2.26. The Kier molecular flexibility index (Phi) is 9.73. The minimum Gasteiger partial charge on any atom is -0.348 e. The standard InChI is InChI=1S/C19H31N3O3S.ClH/c1-3-4-8-16(14-20)21-19(23)18-13-17(10-9-15(18)2)26(24,25)22-11-6-5-7-12-22;/h9-10,13,16H,3-8,11-12,14,20H2,1-2H3,(H,21,23);1H. The summed E-state index contributed by atoms with van der Waals surface area (Å²) in [5.41, 5.74) is 6.91. The summed E-state index contributed by atoms with van der Waals surface area (Å²) in [6.45, 7) is 5.37. The van der Waals surface area contributed by atoms with Crippen LogP contribution in [0.25, 0.3) is 0 Å². The van der Waals surface area contributed by atoms with Crippen LogP contribution in [-0.2, 0) is 10.0 Å². The molecule has 1 aromatic carbocycles. The molecule has 0 aliphatic carbocycles. The van der Waals surface area contributed by atoms with Crippen LogP contribution in [0.2, 0.25) is 0 Å². The predicted molar refractivity (Wildman–Crippen MR) is 111 cm³/mol. The van der Waals surface area contributed by atoms with E-state index in [4.69, 9.17) is 5.73 Å². The van der Waals surface area contributed by atoms with Crippen molar-refractivity contribution in [3.63, 3.8) is 0 Å². The van der Waals surface area contributed by atoms with E-state index in [0.29, 0.717) is 25.2 Å². The van der Waals surface area contributed by atoms with Crippen LogP contribution in [0.4, 0.5) is 0 Å². The zero-order chi connectivity index (χ0) is 19.2. The van der Waals surface area contributed by atoms with E-state index in [1.54, 1.807) is 12.1 Å². The highest BCUT2D eigenvalue weighted by atomic mass is 35.5. The van der Waals surface area contributed by atoms with E-state index in [0.717, 1.165) is 44.1 Å². The number of nitrogens with zero attached hydrogens (tertiary/aromatic N) is 1. The maximum absolute atomic E-state index is 12.9. The Morgan fingerprint density at radius 2 is 1.93 bits per heavy atom. The van der Waals surface area contributed by atoms with Gasteiger partial charge in [-0.2, -0.15) is 4.31 Å². The molecule has 154 valence electrons. The van der Waals surface area contributed by atoms with Crippen LogP contribution in [-0.4, -0.2) is 44.3 Å². The molecule has 1 amide bonds. The van der Waals surface area contributed by atoms with Gasteiger partial charge in [-0.15, -0.1) is 12.4 Å². The summed E-state index contributed by atoms with van der Waals surface area (Å²) in [6, 6.07) is 4.70. The van der Waals surface area contributed by atoms with E-state index in [1.165, 1.54) is 10.4 Å². The number of amides is 1. The molecule has 0 saturated carbocycles. The highest BCUT2D eigenvalue weighted by Crippen LogP contribution is 2.23. The summed E-state index contributed by atoms with van der Waals surface area (Å²) in [5, 5.41) is 2.94. The predicted octanol–water partition coefficient (Wildman–Crippen LogP) is 2.84. The second kappa shape index (κ2) is 11.0. The number of sulfonamides is 1. The molecular weight excluding hydrogens is 386 g/mol. The molecule has 1 aromatic rings. The van der Waals surface area contributed by atoms with Crippen LogP contribution in [0.15, 0.2) is 23.1 Å². The first-order chi connectivity index (χ1) is 12.4. The largest absolute Gasteiger partial charge is 0.348 e. The molecule has 2 rings (SSSR count). The molecular formula is C19H32ClN3O3S. The molecule has 27 heavy (non-hydrogen) atoms. The number of hydrogen-bond acceptors (Lipinski definition) is 4. The summed E-state index contributed by atoms with van der Waals surface area (Å²) in [7, 11) is -3.55. The van der Waals surface area contributed by atoms with Gasteiger partial charge in [-0.3, -0.25) is 4.79 Å². The number of unbranched alkanes of at least 4 members (excludes halogenated alkanes) is 1. The number of halogens is 1. The Balaban J connectivity index is 0.00000364. The van der Waals surface area contributed by atoms with E-state index < -0.39 is 10.0 Å². The van der Waals surface area contributed by atoms with Gasteiger partial charge in [0.15, 0.2) is 0 Å². The van der Waals surface area contributed by atoms with Crippen LogP contribution in [0, 0.1) is 6.92 Å². The van der Waals surface area contributed by atoms with Crippen molar-refractivity contribution in [1.82, 2.24) is 9.62 Å². The van der Waals surface area contributed by atoms with Crippen molar-refractivity contribution >= 4 is 28.3 Å². The normalized spacial score (nSPS) is 16.4. The van der Waals surface area contributed by atoms with Crippen molar-refractivity contribution in [3.8, 4) is 0 Å². The summed E-state index contributed by atoms with van der Waals surface area (Å²) in [5.74, 6) is -0.259. The Bertz CT molecular complexity index is 719. The molecule has 0 aromatic heterocycles. The maximum Gasteiger partial charge on any atom is 0.251 e. The van der Waals surface area contributed by atoms with Gasteiger partial charge >= 0.3 is 0 Å². The van der Waals surface area contributed by atoms with Gasteiger partial charge in [0.25, 0.3) is 5.91 Å². The van der Waals surface area contributed by atoms with Crippen LogP contribution >= 0.6 is 12.4 Å². The molecule has 0 spiro atoms. The molecule has 1 atom stereocenters. The molecule has 1 aliphatic rings. The molecule has 1 saturated heterocycles. The second-order valence-corrected chi connectivity index (χ2v) is 8.93. The minimum atomic E-state index is -3.55. The molecule has 1 unspecified atom stereocenters. The second-order valence-electron chi connectivity index (χ2n) is 6.99. The molecule has 6 nitrogen and oxygen atoms in total. The van der Waals surface area contributed by atoms with Crippen LogP contribution in [0.3, 0.4) is 0 Å². The lowest BCUT2D eigenvalue weighted by atomic mass is 10.1. The van der Waals surface area contributed by atoms with Gasteiger partial charge in [0.05, 0.1) is 4.90 Å². The fraction of sp³-hybridized carbons (Fsp3) is 0.632. The maximum atomic E-state index is 12.9. The van der Waals surface area contributed by atoms with Gasteiger partial charge in [-0.1, -0.05) is 32.3 Å². The summed E-state index contributed by atoms with van der Waals surface area (Å²) in [6.07, 6.45) is 5.68. The fourth-order valence-electron chi connectivity index (χ4n) is 3.22. The molecule has 1 aliphatic heterocycles. The molecule has 3 N–H and O–H groups in total. The third kappa shape index (κ3) is 6.17. The monoisotopic (exact) mass is 417 g/mol. The summed E-state index contributed by atoms with van der Waals surface area (Å²) < 4.78 is 27.3. The fourth-order valence-corrected chi connectivity index (χ4v) is 4.77. The number of piperidine rings is 1. The van der Waals surface area contributed by atoms with Crippen molar-refractivity contribution in [3.05, 3.63) is 29.3 Å². The van der Waals surface area contributed by atoms with Crippen molar-refractivity contribution in [1.29, 1.82) is 0 Å². The van der Waals surface area contributed by atoms with E-state index in [-0.39, 0.29) is 29.3 Å². The number of carbonyl (C=O) groups is 1. The first-order valence-corrected chi connectivity index (χ1v) is 11.0. The van der Waals surface area contributed by atoms with Gasteiger partial charge in [0, 0.05) is 31.2 Å². The molecule has 1 fully saturated rings. The van der Waals surface area contributed by atoms with Crippen molar-refractivity contribution in [2.45, 2.75) is 63.3 Å². The van der Waals surface area contributed by atoms with Crippen LogP contribution in [0.1, 0.15) is 61.4 Å². The van der Waals surface area contributed by atoms with Gasteiger partial charge in [0.2, 0.25) is 10.0 Å². The third-order valence-corrected chi connectivity index (χ3v) is 6.83. The summed E-state index contributed by atoms with van der Waals surface area (Å²) in [4.78, 5) is 12.9. The molecule has 0 bridgehead atoms. The summed E-state index contributed by atoms with van der Waals surface area (Å²) >= 11 is 0. The lowest BCUT2D eigenvalue weighted by Crippen LogP contribution is -2.40. The number of carbonyl (C=O) groups excluding carboxylic acids is 1. The van der Waals surface area contributed by atoms with Crippen molar-refractivity contribution in [2.24, 2.45) is 5.73 Å². The first kappa shape index (κ1) is 23.9. The van der Waals surface area contributed by atoms with Gasteiger partial charge in [0.1, 0.15) is 0 Å². The zero-order valence-electron chi connectivity index (χ0n) is 16.2. The number of nitrogens with two attached hydrogens (primary N) is 1. The van der Waals surface area contributed by atoms with E-state index in [1.807, 2.05) is 6.92 Å². The van der Waals surface area contributed by atoms with Crippen molar-refractivity contribution in [2.75, 3.05) is 19.6 Å². The van der Waals surface area contributed by atoms with Crippen molar-refractivity contribution < 1.29 is 13.2 Å². The Morgan fingerprint density at radius 3 is 2.52 bits per heavy atom. The average molecular weight is 418 g/mol. The van der Waals surface area contributed by atoms with E-state index in [9.17, 15) is 13.2 Å². The van der Waals surface area contributed by atoms with Gasteiger partial charge in [-0.25, -0.2) is 8.42 Å². The SMILES string of the molecule is CCCCC(CN)NC(=O)c1cc(S(=O)(=O)N2CCCCC2)ccc1C.Cl. The number of hydrogen-bond donors (Lipinski definition) is 2. The molecule has 1 heterocycles. The van der Waals surface area contributed by atoms with E-state index >= 15 is 0 Å². The molecule has 8 heteroatoms. The molecule has 0 radical (unpaired) electrons. The Labute approximate surface area is 169 Å². The highest BCUT2D eigenvalue weighted by Gasteiger charge is 2.27. The number of aryl methyl sites for hydroxylation is 1. The van der Waals surface area contributed by atoms with Gasteiger partial charge in [-0.05, 0) is 43.9 Å². The Hall–Kier alpha value is -1.15.